The molecule has 1 amide bonds. The lowest BCUT2D eigenvalue weighted by Crippen LogP contribution is -2.29. The number of carbonyl (C=O) groups excluding carboxylic acids is 2. The van der Waals surface area contributed by atoms with E-state index in [-0.39, 0.29) is 24.0 Å². The van der Waals surface area contributed by atoms with E-state index < -0.39 is 17.7 Å². The van der Waals surface area contributed by atoms with Crippen LogP contribution in [0.5, 0.6) is 23.0 Å². The summed E-state index contributed by atoms with van der Waals surface area (Å²) >= 11 is 1.27. The quantitative estimate of drug-likeness (QED) is 0.0923. The molecule has 0 aliphatic carbocycles. The minimum atomic E-state index is -0.988. The maximum atomic E-state index is 13.8. The fourth-order valence-electron chi connectivity index (χ4n) is 5.55. The van der Waals surface area contributed by atoms with Crippen LogP contribution >= 0.6 is 11.3 Å². The SMILES string of the molecule is C=CCOc1ccc(C2C(=C(O)c3ccc4c(c3)CC(C)O4)C(=O)C(=O)N2c2nc3ccc(OCC)cc3s2)cc1OCC. The number of Topliss-reactive ketones (excluding diaryl/α,β-unsaturated/α-hetero) is 1. The van der Waals surface area contributed by atoms with E-state index in [4.69, 9.17) is 23.9 Å². The summed E-state index contributed by atoms with van der Waals surface area (Å²) in [5.74, 6) is 0.474. The summed E-state index contributed by atoms with van der Waals surface area (Å²) in [4.78, 5) is 33.7. The maximum absolute atomic E-state index is 13.8. The van der Waals surface area contributed by atoms with E-state index in [1.54, 1.807) is 36.4 Å². The number of ether oxygens (including phenoxy) is 4. The lowest BCUT2D eigenvalue weighted by atomic mass is 9.94. The first-order valence-corrected chi connectivity index (χ1v) is 15.3. The van der Waals surface area contributed by atoms with Gasteiger partial charge in [0.15, 0.2) is 16.6 Å². The zero-order valence-electron chi connectivity index (χ0n) is 24.7. The summed E-state index contributed by atoms with van der Waals surface area (Å²) in [7, 11) is 0. The largest absolute Gasteiger partial charge is 0.507 e. The fourth-order valence-corrected chi connectivity index (χ4v) is 6.57. The molecular formula is C34H32N2O7S. The number of nitrogens with zero attached hydrogens (tertiary/aromatic N) is 2. The molecule has 6 rings (SSSR count). The predicted octanol–water partition coefficient (Wildman–Crippen LogP) is 6.61. The van der Waals surface area contributed by atoms with Crippen LogP contribution in [0.15, 0.2) is 72.8 Å². The van der Waals surface area contributed by atoms with Gasteiger partial charge in [-0.1, -0.05) is 30.1 Å². The molecule has 1 N–H and O–H groups in total. The number of anilines is 1. The molecule has 0 radical (unpaired) electrons. The van der Waals surface area contributed by atoms with Crippen LogP contribution in [0.1, 0.15) is 43.5 Å². The fraction of sp³-hybridized carbons (Fsp3) is 0.265. The summed E-state index contributed by atoms with van der Waals surface area (Å²) in [6.45, 7) is 10.6. The number of ketones is 1. The number of rotatable bonds is 10. The molecule has 2 atom stereocenters. The molecule has 1 fully saturated rings. The Kier molecular flexibility index (Phi) is 8.01. The monoisotopic (exact) mass is 612 g/mol. The van der Waals surface area contributed by atoms with Crippen molar-refractivity contribution in [1.29, 1.82) is 0 Å². The molecule has 44 heavy (non-hydrogen) atoms. The number of hydrogen-bond acceptors (Lipinski definition) is 9. The molecule has 3 heterocycles. The highest BCUT2D eigenvalue weighted by atomic mass is 32.1. The Labute approximate surface area is 259 Å². The van der Waals surface area contributed by atoms with E-state index >= 15 is 0 Å². The molecule has 226 valence electrons. The highest BCUT2D eigenvalue weighted by Crippen LogP contribution is 2.46. The van der Waals surface area contributed by atoms with Crippen LogP contribution in [0.3, 0.4) is 0 Å². The summed E-state index contributed by atoms with van der Waals surface area (Å²) in [5.41, 5.74) is 2.51. The normalized spacial score (nSPS) is 18.8. The minimum absolute atomic E-state index is 0.00839. The van der Waals surface area contributed by atoms with Crippen molar-refractivity contribution < 1.29 is 33.6 Å². The topological polar surface area (TPSA) is 107 Å². The zero-order chi connectivity index (χ0) is 31.0. The number of aliphatic hydroxyl groups excluding tert-OH is 1. The molecule has 9 nitrogen and oxygen atoms in total. The number of benzene rings is 3. The van der Waals surface area contributed by atoms with Crippen LogP contribution in [-0.4, -0.2) is 47.7 Å². The molecule has 2 aliphatic heterocycles. The molecule has 2 unspecified atom stereocenters. The van der Waals surface area contributed by atoms with Crippen molar-refractivity contribution in [2.45, 2.75) is 39.3 Å². The average molecular weight is 613 g/mol. The van der Waals surface area contributed by atoms with E-state index in [1.807, 2.05) is 45.0 Å². The van der Waals surface area contributed by atoms with Gasteiger partial charge in [-0.3, -0.25) is 14.5 Å². The zero-order valence-corrected chi connectivity index (χ0v) is 25.5. The van der Waals surface area contributed by atoms with Crippen molar-refractivity contribution in [3.63, 3.8) is 0 Å². The second-order valence-electron chi connectivity index (χ2n) is 10.4. The van der Waals surface area contributed by atoms with Crippen molar-refractivity contribution in [1.82, 2.24) is 4.98 Å². The predicted molar refractivity (Wildman–Crippen MR) is 169 cm³/mol. The molecule has 0 spiro atoms. The summed E-state index contributed by atoms with van der Waals surface area (Å²) in [5, 5.41) is 12.0. The van der Waals surface area contributed by atoms with E-state index in [9.17, 15) is 14.7 Å². The molecule has 10 heteroatoms. The highest BCUT2D eigenvalue weighted by Gasteiger charge is 2.48. The first-order chi connectivity index (χ1) is 21.3. The first-order valence-electron chi connectivity index (χ1n) is 14.5. The summed E-state index contributed by atoms with van der Waals surface area (Å²) < 4.78 is 23.9. The van der Waals surface area contributed by atoms with Gasteiger partial charge in [-0.15, -0.1) is 0 Å². The van der Waals surface area contributed by atoms with Crippen LogP contribution in [0.25, 0.3) is 16.0 Å². The van der Waals surface area contributed by atoms with Gasteiger partial charge in [0.05, 0.1) is 35.0 Å². The number of carbonyl (C=O) groups is 2. The van der Waals surface area contributed by atoms with Gasteiger partial charge in [-0.05, 0) is 80.4 Å². The molecule has 0 saturated carbocycles. The molecular weight excluding hydrogens is 580 g/mol. The number of fused-ring (bicyclic) bond motifs is 2. The summed E-state index contributed by atoms with van der Waals surface area (Å²) in [6, 6.07) is 15.0. The molecule has 2 aliphatic rings. The molecule has 0 bridgehead atoms. The minimum Gasteiger partial charge on any atom is -0.507 e. The van der Waals surface area contributed by atoms with Crippen molar-refractivity contribution in [2.24, 2.45) is 0 Å². The van der Waals surface area contributed by atoms with Crippen LogP contribution in [0.4, 0.5) is 5.13 Å². The third-order valence-corrected chi connectivity index (χ3v) is 8.44. The standard InChI is InChI=1S/C34H32N2O7S/c1-5-14-42-26-13-8-20(17-27(26)41-7-3)30-29(31(37)21-9-12-25-22(16-21)15-19(4)43-25)32(38)33(39)36(30)34-35-24-11-10-23(40-6-2)18-28(24)44-34/h5,8-13,16-19,30,37H,1,6-7,14-15H2,2-4H3. The lowest BCUT2D eigenvalue weighted by Gasteiger charge is -2.24. The lowest BCUT2D eigenvalue weighted by molar-refractivity contribution is -0.132. The Morgan fingerprint density at radius 1 is 1.07 bits per heavy atom. The van der Waals surface area contributed by atoms with Gasteiger partial charge in [0.1, 0.15) is 30.0 Å². The molecule has 3 aromatic carbocycles. The number of aromatic nitrogens is 1. The molecule has 1 saturated heterocycles. The Morgan fingerprint density at radius 3 is 2.66 bits per heavy atom. The third kappa shape index (κ3) is 5.26. The molecule has 1 aromatic heterocycles. The second kappa shape index (κ2) is 12.0. The number of amides is 1. The van der Waals surface area contributed by atoms with Crippen molar-refractivity contribution >= 4 is 44.1 Å². The van der Waals surface area contributed by atoms with Gasteiger partial charge in [0.25, 0.3) is 5.78 Å². The first kappa shape index (κ1) is 29.3. The Hall–Kier alpha value is -4.83. The Morgan fingerprint density at radius 2 is 1.89 bits per heavy atom. The smallest absolute Gasteiger partial charge is 0.301 e. The highest BCUT2D eigenvalue weighted by molar-refractivity contribution is 7.22. The van der Waals surface area contributed by atoms with Crippen molar-refractivity contribution in [3.05, 3.63) is 89.5 Å². The van der Waals surface area contributed by atoms with Gasteiger partial charge in [-0.25, -0.2) is 4.98 Å². The Balaban J connectivity index is 1.52. The Bertz CT molecular complexity index is 1810. The van der Waals surface area contributed by atoms with Crippen LogP contribution in [-0.2, 0) is 16.0 Å². The van der Waals surface area contributed by atoms with Crippen molar-refractivity contribution in [2.75, 3.05) is 24.7 Å². The number of thiazole rings is 1. The van der Waals surface area contributed by atoms with Crippen LogP contribution in [0.2, 0.25) is 0 Å². The van der Waals surface area contributed by atoms with E-state index in [0.29, 0.717) is 58.7 Å². The van der Waals surface area contributed by atoms with Gasteiger partial charge in [0, 0.05) is 12.0 Å². The third-order valence-electron chi connectivity index (χ3n) is 7.42. The van der Waals surface area contributed by atoms with Crippen LogP contribution in [0, 0.1) is 0 Å². The summed E-state index contributed by atoms with van der Waals surface area (Å²) in [6.07, 6.45) is 2.31. The van der Waals surface area contributed by atoms with Crippen LogP contribution < -0.4 is 23.8 Å². The van der Waals surface area contributed by atoms with Gasteiger partial charge < -0.3 is 24.1 Å². The van der Waals surface area contributed by atoms with E-state index in [1.165, 1.54) is 16.2 Å². The van der Waals surface area contributed by atoms with Gasteiger partial charge >= 0.3 is 5.91 Å². The average Bonchev–Trinajstić information content (AvgIpc) is 3.68. The maximum Gasteiger partial charge on any atom is 0.301 e. The van der Waals surface area contributed by atoms with Gasteiger partial charge in [0.2, 0.25) is 0 Å². The second-order valence-corrected chi connectivity index (χ2v) is 11.4. The van der Waals surface area contributed by atoms with Gasteiger partial charge in [-0.2, -0.15) is 0 Å². The van der Waals surface area contributed by atoms with E-state index in [2.05, 4.69) is 6.58 Å². The van der Waals surface area contributed by atoms with Crippen molar-refractivity contribution in [3.8, 4) is 23.0 Å². The number of aliphatic hydroxyl groups is 1. The van der Waals surface area contributed by atoms with E-state index in [0.717, 1.165) is 16.0 Å². The number of hydrogen-bond donors (Lipinski definition) is 1. The molecule has 4 aromatic rings.